The second-order valence-electron chi connectivity index (χ2n) is 8.50. The molecule has 1 aromatic heterocycles. The standard InChI is InChI=1S/C25H34FN3O5/c1-6-13-32-22-14-17(4)20(15-19(22)26)28-24-23(31-5)21(7-10-27-24)34-18-8-11-29(12-9-18)25(30)33-16(2)3/h7,10,14-16,18H,6,8-9,11-13H2,1-5H3,(H,27,28). The number of anilines is 2. The van der Waals surface area contributed by atoms with E-state index in [4.69, 9.17) is 18.9 Å². The molecular weight excluding hydrogens is 441 g/mol. The van der Waals surface area contributed by atoms with Crippen LogP contribution in [0.25, 0.3) is 0 Å². The minimum absolute atomic E-state index is 0.0820. The third-order valence-corrected chi connectivity index (χ3v) is 5.40. The number of halogens is 1. The largest absolute Gasteiger partial charge is 0.491 e. The summed E-state index contributed by atoms with van der Waals surface area (Å²) in [7, 11) is 1.54. The summed E-state index contributed by atoms with van der Waals surface area (Å²) in [5.41, 5.74) is 1.37. The highest BCUT2D eigenvalue weighted by Crippen LogP contribution is 2.37. The fourth-order valence-electron chi connectivity index (χ4n) is 3.66. The quantitative estimate of drug-likeness (QED) is 0.516. The second-order valence-corrected chi connectivity index (χ2v) is 8.50. The molecule has 0 aliphatic carbocycles. The van der Waals surface area contributed by atoms with E-state index in [1.165, 1.54) is 13.2 Å². The van der Waals surface area contributed by atoms with Crippen LogP contribution in [0.4, 0.5) is 20.7 Å². The Morgan fingerprint density at radius 1 is 1.26 bits per heavy atom. The molecule has 1 fully saturated rings. The van der Waals surface area contributed by atoms with Crippen LogP contribution < -0.4 is 19.5 Å². The van der Waals surface area contributed by atoms with Gasteiger partial charge in [0, 0.05) is 49.9 Å². The number of aromatic nitrogens is 1. The highest BCUT2D eigenvalue weighted by atomic mass is 19.1. The van der Waals surface area contributed by atoms with Gasteiger partial charge in [0.15, 0.2) is 23.1 Å². The van der Waals surface area contributed by atoms with Crippen molar-refractivity contribution in [3.8, 4) is 17.2 Å². The van der Waals surface area contributed by atoms with Gasteiger partial charge in [-0.2, -0.15) is 0 Å². The first kappa shape index (κ1) is 25.4. The summed E-state index contributed by atoms with van der Waals surface area (Å²) in [5.74, 6) is 1.16. The number of ether oxygens (including phenoxy) is 4. The number of aryl methyl sites for hydroxylation is 1. The van der Waals surface area contributed by atoms with Crippen molar-refractivity contribution in [3.05, 3.63) is 35.8 Å². The van der Waals surface area contributed by atoms with Crippen LogP contribution in [0.3, 0.4) is 0 Å². The van der Waals surface area contributed by atoms with Gasteiger partial charge >= 0.3 is 6.09 Å². The normalized spacial score (nSPS) is 14.1. The topological polar surface area (TPSA) is 82.2 Å². The predicted octanol–water partition coefficient (Wildman–Crippen LogP) is 5.46. The molecule has 2 heterocycles. The summed E-state index contributed by atoms with van der Waals surface area (Å²) >= 11 is 0. The van der Waals surface area contributed by atoms with Crippen molar-refractivity contribution < 1.29 is 28.1 Å². The average Bonchev–Trinajstić information content (AvgIpc) is 2.80. The summed E-state index contributed by atoms with van der Waals surface area (Å²) in [6, 6.07) is 4.79. The molecule has 9 heteroatoms. The maximum atomic E-state index is 14.5. The van der Waals surface area contributed by atoms with Crippen molar-refractivity contribution >= 4 is 17.6 Å². The van der Waals surface area contributed by atoms with Crippen LogP contribution in [0.2, 0.25) is 0 Å². The Morgan fingerprint density at radius 3 is 2.65 bits per heavy atom. The number of piperidine rings is 1. The van der Waals surface area contributed by atoms with Crippen LogP contribution >= 0.6 is 0 Å². The molecule has 34 heavy (non-hydrogen) atoms. The SMILES string of the molecule is CCCOc1cc(C)c(Nc2nccc(OC3CCN(C(=O)OC(C)C)CC3)c2OC)cc1F. The van der Waals surface area contributed by atoms with Gasteiger partial charge in [0.1, 0.15) is 6.10 Å². The summed E-state index contributed by atoms with van der Waals surface area (Å²) < 4.78 is 37.0. The summed E-state index contributed by atoms with van der Waals surface area (Å²) in [5, 5.41) is 3.15. The van der Waals surface area contributed by atoms with Crippen LogP contribution in [-0.4, -0.2) is 55.0 Å². The van der Waals surface area contributed by atoms with Gasteiger partial charge in [-0.15, -0.1) is 0 Å². The van der Waals surface area contributed by atoms with Gasteiger partial charge in [-0.05, 0) is 38.8 Å². The molecule has 1 aliphatic rings. The molecule has 1 amide bonds. The fraction of sp³-hybridized carbons (Fsp3) is 0.520. The number of rotatable bonds is 9. The number of methoxy groups -OCH3 is 1. The van der Waals surface area contributed by atoms with E-state index in [9.17, 15) is 9.18 Å². The summed E-state index contributed by atoms with van der Waals surface area (Å²) in [6.45, 7) is 9.07. The van der Waals surface area contributed by atoms with E-state index in [-0.39, 0.29) is 24.1 Å². The highest BCUT2D eigenvalue weighted by Gasteiger charge is 2.26. The molecule has 0 bridgehead atoms. The van der Waals surface area contributed by atoms with E-state index < -0.39 is 5.82 Å². The first-order valence-corrected chi connectivity index (χ1v) is 11.7. The molecular formula is C25H34FN3O5. The zero-order valence-electron chi connectivity index (χ0n) is 20.5. The molecule has 1 aromatic carbocycles. The van der Waals surface area contributed by atoms with Crippen LogP contribution in [0.5, 0.6) is 17.2 Å². The fourth-order valence-corrected chi connectivity index (χ4v) is 3.66. The molecule has 0 radical (unpaired) electrons. The lowest BCUT2D eigenvalue weighted by atomic mass is 10.1. The van der Waals surface area contributed by atoms with Crippen molar-refractivity contribution in [2.24, 2.45) is 0 Å². The van der Waals surface area contributed by atoms with Gasteiger partial charge in [0.05, 0.1) is 19.8 Å². The van der Waals surface area contributed by atoms with E-state index in [2.05, 4.69) is 10.3 Å². The highest BCUT2D eigenvalue weighted by molar-refractivity contribution is 5.69. The number of hydrogen-bond donors (Lipinski definition) is 1. The lowest BCUT2D eigenvalue weighted by molar-refractivity contribution is 0.0511. The monoisotopic (exact) mass is 475 g/mol. The van der Waals surface area contributed by atoms with Gasteiger partial charge < -0.3 is 29.2 Å². The molecule has 1 aliphatic heterocycles. The molecule has 1 saturated heterocycles. The smallest absolute Gasteiger partial charge is 0.410 e. The lowest BCUT2D eigenvalue weighted by Gasteiger charge is -2.32. The predicted molar refractivity (Wildman–Crippen MR) is 128 cm³/mol. The number of pyridine rings is 1. The molecule has 0 spiro atoms. The minimum atomic E-state index is -0.448. The van der Waals surface area contributed by atoms with Crippen LogP contribution in [0.1, 0.15) is 45.6 Å². The van der Waals surface area contributed by atoms with Crippen molar-refractivity contribution in [2.45, 2.75) is 59.2 Å². The van der Waals surface area contributed by atoms with Crippen LogP contribution in [-0.2, 0) is 4.74 Å². The average molecular weight is 476 g/mol. The number of carbonyl (C=O) groups is 1. The van der Waals surface area contributed by atoms with Crippen LogP contribution in [0, 0.1) is 12.7 Å². The molecule has 8 nitrogen and oxygen atoms in total. The van der Waals surface area contributed by atoms with E-state index in [0.29, 0.717) is 55.5 Å². The first-order valence-electron chi connectivity index (χ1n) is 11.7. The number of hydrogen-bond acceptors (Lipinski definition) is 7. The Kier molecular flexibility index (Phi) is 8.79. The molecule has 186 valence electrons. The van der Waals surface area contributed by atoms with Gasteiger partial charge in [0.25, 0.3) is 0 Å². The number of benzene rings is 1. The number of nitrogens with one attached hydrogen (secondary N) is 1. The minimum Gasteiger partial charge on any atom is -0.491 e. The lowest BCUT2D eigenvalue weighted by Crippen LogP contribution is -2.42. The van der Waals surface area contributed by atoms with Crippen molar-refractivity contribution in [2.75, 3.05) is 32.1 Å². The molecule has 1 N–H and O–H groups in total. The van der Waals surface area contributed by atoms with E-state index in [1.54, 1.807) is 23.2 Å². The first-order chi connectivity index (χ1) is 16.3. The van der Waals surface area contributed by atoms with E-state index in [0.717, 1.165) is 12.0 Å². The van der Waals surface area contributed by atoms with Gasteiger partial charge in [0.2, 0.25) is 5.75 Å². The molecule has 3 rings (SSSR count). The Balaban J connectivity index is 1.69. The van der Waals surface area contributed by atoms with Gasteiger partial charge in [-0.1, -0.05) is 6.92 Å². The van der Waals surface area contributed by atoms with E-state index >= 15 is 0 Å². The number of carbonyl (C=O) groups excluding carboxylic acids is 1. The maximum Gasteiger partial charge on any atom is 0.410 e. The zero-order chi connectivity index (χ0) is 24.7. The second kappa shape index (κ2) is 11.8. The zero-order valence-corrected chi connectivity index (χ0v) is 20.5. The maximum absolute atomic E-state index is 14.5. The van der Waals surface area contributed by atoms with Gasteiger partial charge in [-0.3, -0.25) is 0 Å². The Hall–Kier alpha value is -3.23. The number of amides is 1. The summed E-state index contributed by atoms with van der Waals surface area (Å²) in [6.07, 6.45) is 3.23. The molecule has 0 unspecified atom stereocenters. The van der Waals surface area contributed by atoms with Crippen molar-refractivity contribution in [1.29, 1.82) is 0 Å². The summed E-state index contributed by atoms with van der Waals surface area (Å²) in [4.78, 5) is 18.2. The van der Waals surface area contributed by atoms with Crippen molar-refractivity contribution in [1.82, 2.24) is 9.88 Å². The third kappa shape index (κ3) is 6.42. The third-order valence-electron chi connectivity index (χ3n) is 5.40. The van der Waals surface area contributed by atoms with E-state index in [1.807, 2.05) is 27.7 Å². The number of nitrogens with zero attached hydrogens (tertiary/aromatic N) is 2. The molecule has 2 aromatic rings. The van der Waals surface area contributed by atoms with Crippen molar-refractivity contribution in [3.63, 3.8) is 0 Å². The molecule has 0 saturated carbocycles. The Morgan fingerprint density at radius 2 is 2.00 bits per heavy atom. The van der Waals surface area contributed by atoms with Crippen LogP contribution in [0.15, 0.2) is 24.4 Å². The Labute approximate surface area is 200 Å². The van der Waals surface area contributed by atoms with Gasteiger partial charge in [-0.25, -0.2) is 14.2 Å². The number of likely N-dealkylation sites (tertiary alicyclic amines) is 1. The molecule has 0 atom stereocenters. The Bertz CT molecular complexity index is 977.